The van der Waals surface area contributed by atoms with E-state index in [-0.39, 0.29) is 0 Å². The van der Waals surface area contributed by atoms with E-state index in [1.54, 1.807) is 17.9 Å². The molecule has 0 saturated carbocycles. The first-order chi connectivity index (χ1) is 8.58. The Bertz CT molecular complexity index is 578. The molecule has 0 aliphatic rings. The van der Waals surface area contributed by atoms with E-state index in [0.29, 0.717) is 16.6 Å². The van der Waals surface area contributed by atoms with Crippen LogP contribution in [0.4, 0.5) is 5.82 Å². The molecular weight excluding hydrogens is 250 g/mol. The van der Waals surface area contributed by atoms with Gasteiger partial charge in [-0.2, -0.15) is 5.10 Å². The molecule has 0 saturated heterocycles. The summed E-state index contributed by atoms with van der Waals surface area (Å²) in [6.07, 6.45) is 0.820. The molecule has 5 heteroatoms. The minimum Gasteiger partial charge on any atom is -0.496 e. The molecule has 2 rings (SSSR count). The highest BCUT2D eigenvalue weighted by Gasteiger charge is 2.17. The summed E-state index contributed by atoms with van der Waals surface area (Å²) in [7, 11) is 3.45. The van der Waals surface area contributed by atoms with Crippen molar-refractivity contribution in [1.82, 2.24) is 9.78 Å². The summed E-state index contributed by atoms with van der Waals surface area (Å²) in [5, 5.41) is 5.09. The summed E-state index contributed by atoms with van der Waals surface area (Å²) in [5.41, 5.74) is 8.79. The number of halogens is 1. The molecule has 4 nitrogen and oxygen atoms in total. The van der Waals surface area contributed by atoms with E-state index < -0.39 is 0 Å². The lowest BCUT2D eigenvalue weighted by Gasteiger charge is -2.08. The number of anilines is 1. The molecule has 1 aromatic heterocycles. The highest BCUT2D eigenvalue weighted by atomic mass is 35.5. The van der Waals surface area contributed by atoms with Gasteiger partial charge in [0.2, 0.25) is 0 Å². The predicted molar refractivity (Wildman–Crippen MR) is 74.0 cm³/mol. The lowest BCUT2D eigenvalue weighted by molar-refractivity contribution is 0.416. The van der Waals surface area contributed by atoms with Crippen molar-refractivity contribution in [1.29, 1.82) is 0 Å². The van der Waals surface area contributed by atoms with Crippen LogP contribution in [0.5, 0.6) is 5.75 Å². The molecular formula is C13H16ClN3O. The fraction of sp³-hybridized carbons (Fsp3) is 0.308. The minimum absolute atomic E-state index is 0.637. The van der Waals surface area contributed by atoms with Gasteiger partial charge in [-0.05, 0) is 24.6 Å². The Balaban J connectivity index is 2.65. The van der Waals surface area contributed by atoms with Crippen LogP contribution in [0.2, 0.25) is 5.02 Å². The van der Waals surface area contributed by atoms with Crippen molar-refractivity contribution < 1.29 is 4.74 Å². The van der Waals surface area contributed by atoms with E-state index >= 15 is 0 Å². The van der Waals surface area contributed by atoms with Crippen molar-refractivity contribution in [2.45, 2.75) is 13.3 Å². The van der Waals surface area contributed by atoms with E-state index in [0.717, 1.165) is 23.2 Å². The molecule has 0 fully saturated rings. The fourth-order valence-electron chi connectivity index (χ4n) is 2.01. The molecule has 0 bridgehead atoms. The van der Waals surface area contributed by atoms with E-state index in [9.17, 15) is 0 Å². The highest BCUT2D eigenvalue weighted by molar-refractivity contribution is 6.30. The Morgan fingerprint density at radius 2 is 2.17 bits per heavy atom. The van der Waals surface area contributed by atoms with Gasteiger partial charge in [0.15, 0.2) is 0 Å². The molecule has 0 amide bonds. The van der Waals surface area contributed by atoms with Crippen molar-refractivity contribution in [2.75, 3.05) is 12.8 Å². The number of methoxy groups -OCH3 is 1. The third-order valence-electron chi connectivity index (χ3n) is 2.97. The van der Waals surface area contributed by atoms with E-state index in [1.807, 2.05) is 19.2 Å². The zero-order valence-electron chi connectivity index (χ0n) is 10.7. The quantitative estimate of drug-likeness (QED) is 0.928. The van der Waals surface area contributed by atoms with E-state index in [4.69, 9.17) is 22.1 Å². The van der Waals surface area contributed by atoms with Crippen molar-refractivity contribution >= 4 is 17.4 Å². The summed E-state index contributed by atoms with van der Waals surface area (Å²) >= 11 is 5.96. The second-order valence-corrected chi connectivity index (χ2v) is 4.47. The summed E-state index contributed by atoms with van der Waals surface area (Å²) in [6.45, 7) is 2.05. The van der Waals surface area contributed by atoms with Crippen LogP contribution in [0.25, 0.3) is 11.3 Å². The zero-order valence-corrected chi connectivity index (χ0v) is 11.5. The summed E-state index contributed by atoms with van der Waals surface area (Å²) in [4.78, 5) is 0. The SMILES string of the molecule is CCc1c(-c2ccc(Cl)cc2OC)nn(C)c1N. The Labute approximate surface area is 111 Å². The van der Waals surface area contributed by atoms with E-state index in [2.05, 4.69) is 12.0 Å². The van der Waals surface area contributed by atoms with E-state index in [1.165, 1.54) is 0 Å². The number of hydrogen-bond donors (Lipinski definition) is 1. The van der Waals surface area contributed by atoms with Gasteiger partial charge >= 0.3 is 0 Å². The second-order valence-electron chi connectivity index (χ2n) is 4.03. The van der Waals surface area contributed by atoms with Crippen molar-refractivity contribution in [3.05, 3.63) is 28.8 Å². The van der Waals surface area contributed by atoms with Gasteiger partial charge in [0, 0.05) is 23.2 Å². The molecule has 2 aromatic rings. The minimum atomic E-state index is 0.637. The van der Waals surface area contributed by atoms with Crippen molar-refractivity contribution in [3.63, 3.8) is 0 Å². The number of aromatic nitrogens is 2. The Kier molecular flexibility index (Phi) is 3.48. The van der Waals surface area contributed by atoms with Crippen LogP contribution in [-0.2, 0) is 13.5 Å². The van der Waals surface area contributed by atoms with Crippen LogP contribution in [0.3, 0.4) is 0 Å². The van der Waals surface area contributed by atoms with Crippen LogP contribution in [0.1, 0.15) is 12.5 Å². The lowest BCUT2D eigenvalue weighted by Crippen LogP contribution is -1.98. The highest BCUT2D eigenvalue weighted by Crippen LogP contribution is 2.35. The molecule has 0 aliphatic heterocycles. The first kappa shape index (κ1) is 12.8. The molecule has 1 aromatic carbocycles. The lowest BCUT2D eigenvalue weighted by atomic mass is 10.0. The standard InChI is InChI=1S/C13H16ClN3O/c1-4-9-12(16-17(2)13(9)15)10-6-5-8(14)7-11(10)18-3/h5-7H,4,15H2,1-3H3. The Hall–Kier alpha value is -1.68. The van der Waals surface area contributed by atoms with Gasteiger partial charge in [0.25, 0.3) is 0 Å². The predicted octanol–water partition coefficient (Wildman–Crippen LogP) is 2.89. The third kappa shape index (κ3) is 2.04. The van der Waals surface area contributed by atoms with Crippen LogP contribution < -0.4 is 10.5 Å². The van der Waals surface area contributed by atoms with Crippen LogP contribution in [0.15, 0.2) is 18.2 Å². The first-order valence-electron chi connectivity index (χ1n) is 5.73. The summed E-state index contributed by atoms with van der Waals surface area (Å²) in [6, 6.07) is 5.51. The number of benzene rings is 1. The Morgan fingerprint density at radius 1 is 1.44 bits per heavy atom. The average molecular weight is 266 g/mol. The zero-order chi connectivity index (χ0) is 13.3. The molecule has 0 spiro atoms. The van der Waals surface area contributed by atoms with Gasteiger partial charge in [0.1, 0.15) is 17.3 Å². The molecule has 0 atom stereocenters. The molecule has 0 aliphatic carbocycles. The van der Waals surface area contributed by atoms with Crippen LogP contribution >= 0.6 is 11.6 Å². The molecule has 1 heterocycles. The number of nitrogens with two attached hydrogens (primary N) is 1. The van der Waals surface area contributed by atoms with Crippen molar-refractivity contribution in [2.24, 2.45) is 7.05 Å². The van der Waals surface area contributed by atoms with Gasteiger partial charge in [-0.3, -0.25) is 4.68 Å². The summed E-state index contributed by atoms with van der Waals surface area (Å²) in [5.74, 6) is 1.39. The van der Waals surface area contributed by atoms with Gasteiger partial charge in [-0.15, -0.1) is 0 Å². The topological polar surface area (TPSA) is 53.1 Å². The third-order valence-corrected chi connectivity index (χ3v) is 3.20. The molecule has 0 radical (unpaired) electrons. The largest absolute Gasteiger partial charge is 0.496 e. The number of hydrogen-bond acceptors (Lipinski definition) is 3. The number of nitrogen functional groups attached to an aromatic ring is 1. The maximum Gasteiger partial charge on any atom is 0.129 e. The maximum atomic E-state index is 6.01. The van der Waals surface area contributed by atoms with Crippen LogP contribution in [-0.4, -0.2) is 16.9 Å². The van der Waals surface area contributed by atoms with Crippen LogP contribution in [0, 0.1) is 0 Å². The van der Waals surface area contributed by atoms with Crippen molar-refractivity contribution in [3.8, 4) is 17.0 Å². The fourth-order valence-corrected chi connectivity index (χ4v) is 2.17. The summed E-state index contributed by atoms with van der Waals surface area (Å²) < 4.78 is 7.04. The number of nitrogens with zero attached hydrogens (tertiary/aromatic N) is 2. The average Bonchev–Trinajstić information content (AvgIpc) is 2.65. The van der Waals surface area contributed by atoms with Gasteiger partial charge in [-0.25, -0.2) is 0 Å². The van der Waals surface area contributed by atoms with Gasteiger partial charge in [-0.1, -0.05) is 18.5 Å². The van der Waals surface area contributed by atoms with Gasteiger partial charge in [0.05, 0.1) is 7.11 Å². The monoisotopic (exact) mass is 265 g/mol. The number of aryl methyl sites for hydroxylation is 1. The number of ether oxygens (including phenoxy) is 1. The normalized spacial score (nSPS) is 10.7. The first-order valence-corrected chi connectivity index (χ1v) is 6.11. The molecule has 0 unspecified atom stereocenters. The molecule has 96 valence electrons. The maximum absolute atomic E-state index is 6.01. The molecule has 2 N–H and O–H groups in total. The molecule has 18 heavy (non-hydrogen) atoms. The second kappa shape index (κ2) is 4.90. The van der Waals surface area contributed by atoms with Gasteiger partial charge < -0.3 is 10.5 Å². The Morgan fingerprint density at radius 3 is 2.78 bits per heavy atom. The number of rotatable bonds is 3. The smallest absolute Gasteiger partial charge is 0.129 e.